The standard InChI is InChI=1S/C12H19N3O2S/c1-6-12(7-2,8-3)14-18(16,17)11-9-15(5)13-10(11)4/h1,9,14H,7-8H2,2-5H3. The van der Waals surface area contributed by atoms with Gasteiger partial charge in [-0.3, -0.25) is 4.68 Å². The third kappa shape index (κ3) is 2.74. The normalized spacial score (nSPS) is 12.4. The first-order valence-electron chi connectivity index (χ1n) is 5.82. The van der Waals surface area contributed by atoms with E-state index in [2.05, 4.69) is 15.7 Å². The number of sulfonamides is 1. The van der Waals surface area contributed by atoms with E-state index in [1.54, 1.807) is 14.0 Å². The van der Waals surface area contributed by atoms with Crippen LogP contribution in [0.25, 0.3) is 0 Å². The molecule has 5 nitrogen and oxygen atoms in total. The van der Waals surface area contributed by atoms with Crippen LogP contribution in [0.15, 0.2) is 11.1 Å². The van der Waals surface area contributed by atoms with Gasteiger partial charge in [-0.15, -0.1) is 6.42 Å². The summed E-state index contributed by atoms with van der Waals surface area (Å²) >= 11 is 0. The minimum absolute atomic E-state index is 0.173. The summed E-state index contributed by atoms with van der Waals surface area (Å²) < 4.78 is 28.7. The van der Waals surface area contributed by atoms with Gasteiger partial charge in [0.05, 0.1) is 11.2 Å². The van der Waals surface area contributed by atoms with Crippen LogP contribution in [0.1, 0.15) is 32.4 Å². The molecule has 1 N–H and O–H groups in total. The highest BCUT2D eigenvalue weighted by molar-refractivity contribution is 7.89. The van der Waals surface area contributed by atoms with Gasteiger partial charge >= 0.3 is 0 Å². The molecule has 0 saturated carbocycles. The Morgan fingerprint density at radius 3 is 2.39 bits per heavy atom. The van der Waals surface area contributed by atoms with Crippen molar-refractivity contribution in [3.8, 4) is 12.3 Å². The number of aryl methyl sites for hydroxylation is 2. The molecule has 1 aromatic rings. The quantitative estimate of drug-likeness (QED) is 0.817. The van der Waals surface area contributed by atoms with Gasteiger partial charge in [0.1, 0.15) is 4.90 Å². The molecule has 0 aliphatic heterocycles. The molecule has 18 heavy (non-hydrogen) atoms. The summed E-state index contributed by atoms with van der Waals surface area (Å²) in [5.74, 6) is 2.55. The summed E-state index contributed by atoms with van der Waals surface area (Å²) in [4.78, 5) is 0.173. The zero-order valence-corrected chi connectivity index (χ0v) is 12.0. The highest BCUT2D eigenvalue weighted by Crippen LogP contribution is 2.20. The summed E-state index contributed by atoms with van der Waals surface area (Å²) in [7, 11) is -1.96. The minimum Gasteiger partial charge on any atom is -0.274 e. The molecular weight excluding hydrogens is 250 g/mol. The number of hydrogen-bond acceptors (Lipinski definition) is 3. The third-order valence-corrected chi connectivity index (χ3v) is 4.71. The Balaban J connectivity index is 3.17. The summed E-state index contributed by atoms with van der Waals surface area (Å²) in [6.45, 7) is 5.38. The summed E-state index contributed by atoms with van der Waals surface area (Å²) in [6.07, 6.45) is 8.02. The van der Waals surface area contributed by atoms with Crippen molar-refractivity contribution in [1.82, 2.24) is 14.5 Å². The number of hydrogen-bond donors (Lipinski definition) is 1. The van der Waals surface area contributed by atoms with Gasteiger partial charge < -0.3 is 0 Å². The van der Waals surface area contributed by atoms with Gasteiger partial charge in [-0.25, -0.2) is 8.42 Å². The van der Waals surface area contributed by atoms with E-state index in [4.69, 9.17) is 6.42 Å². The van der Waals surface area contributed by atoms with Crippen molar-refractivity contribution >= 4 is 10.0 Å². The molecule has 0 aromatic carbocycles. The first-order valence-corrected chi connectivity index (χ1v) is 7.30. The van der Waals surface area contributed by atoms with Crippen molar-refractivity contribution in [3.05, 3.63) is 11.9 Å². The fourth-order valence-electron chi connectivity index (χ4n) is 1.78. The van der Waals surface area contributed by atoms with Crippen LogP contribution in [0.3, 0.4) is 0 Å². The van der Waals surface area contributed by atoms with Gasteiger partial charge in [0.25, 0.3) is 0 Å². The molecule has 1 heterocycles. The molecule has 1 rings (SSSR count). The van der Waals surface area contributed by atoms with E-state index in [0.29, 0.717) is 18.5 Å². The molecule has 0 bridgehead atoms. The molecule has 0 spiro atoms. The molecule has 0 aliphatic carbocycles. The molecule has 100 valence electrons. The Morgan fingerprint density at radius 2 is 2.06 bits per heavy atom. The number of nitrogens with one attached hydrogen (secondary N) is 1. The molecule has 0 fully saturated rings. The predicted molar refractivity (Wildman–Crippen MR) is 70.4 cm³/mol. The Hall–Kier alpha value is -1.32. The van der Waals surface area contributed by atoms with Crippen molar-refractivity contribution in [1.29, 1.82) is 0 Å². The maximum Gasteiger partial charge on any atom is 0.245 e. The second-order valence-electron chi connectivity index (χ2n) is 4.29. The van der Waals surface area contributed by atoms with Crippen LogP contribution in [0.2, 0.25) is 0 Å². The average Bonchev–Trinajstić information content (AvgIpc) is 2.66. The minimum atomic E-state index is -3.64. The second-order valence-corrected chi connectivity index (χ2v) is 5.94. The highest BCUT2D eigenvalue weighted by atomic mass is 32.2. The van der Waals surface area contributed by atoms with E-state index in [9.17, 15) is 8.42 Å². The fourth-order valence-corrected chi connectivity index (χ4v) is 3.47. The van der Waals surface area contributed by atoms with Crippen LogP contribution in [0.5, 0.6) is 0 Å². The van der Waals surface area contributed by atoms with Gasteiger partial charge in [-0.1, -0.05) is 19.8 Å². The fraction of sp³-hybridized carbons (Fsp3) is 0.583. The SMILES string of the molecule is C#CC(CC)(CC)NS(=O)(=O)c1cn(C)nc1C. The van der Waals surface area contributed by atoms with Crippen LogP contribution < -0.4 is 4.72 Å². The zero-order chi connectivity index (χ0) is 14.0. The van der Waals surface area contributed by atoms with Crippen LogP contribution in [-0.2, 0) is 17.1 Å². The topological polar surface area (TPSA) is 64.0 Å². The van der Waals surface area contributed by atoms with E-state index in [-0.39, 0.29) is 4.90 Å². The van der Waals surface area contributed by atoms with Crippen molar-refractivity contribution in [2.24, 2.45) is 7.05 Å². The third-order valence-electron chi connectivity index (χ3n) is 3.07. The van der Waals surface area contributed by atoms with E-state index in [1.807, 2.05) is 13.8 Å². The molecule has 0 amide bonds. The Kier molecular flexibility index (Phi) is 4.20. The number of rotatable bonds is 5. The maximum atomic E-state index is 12.3. The lowest BCUT2D eigenvalue weighted by Gasteiger charge is -2.26. The van der Waals surface area contributed by atoms with Crippen molar-refractivity contribution < 1.29 is 8.42 Å². The highest BCUT2D eigenvalue weighted by Gasteiger charge is 2.31. The van der Waals surface area contributed by atoms with E-state index in [1.165, 1.54) is 10.9 Å². The molecule has 0 unspecified atom stereocenters. The number of nitrogens with zero attached hydrogens (tertiary/aromatic N) is 2. The summed E-state index contributed by atoms with van der Waals surface area (Å²) in [5, 5.41) is 4.03. The van der Waals surface area contributed by atoms with Gasteiger partial charge in [0, 0.05) is 13.2 Å². The summed E-state index contributed by atoms with van der Waals surface area (Å²) in [5.41, 5.74) is -0.371. The predicted octanol–water partition coefficient (Wildman–Crippen LogP) is 1.20. The molecule has 0 saturated heterocycles. The van der Waals surface area contributed by atoms with Crippen molar-refractivity contribution in [2.75, 3.05) is 0 Å². The smallest absolute Gasteiger partial charge is 0.245 e. The van der Waals surface area contributed by atoms with Gasteiger partial charge in [-0.05, 0) is 19.8 Å². The molecule has 1 aromatic heterocycles. The lowest BCUT2D eigenvalue weighted by Crippen LogP contribution is -2.46. The zero-order valence-electron chi connectivity index (χ0n) is 11.2. The Bertz CT molecular complexity index is 563. The van der Waals surface area contributed by atoms with E-state index >= 15 is 0 Å². The van der Waals surface area contributed by atoms with Gasteiger partial charge in [0.2, 0.25) is 10.0 Å². The molecule has 0 atom stereocenters. The van der Waals surface area contributed by atoms with E-state index < -0.39 is 15.6 Å². The molecule has 0 aliphatic rings. The monoisotopic (exact) mass is 269 g/mol. The Labute approximate surface area is 109 Å². The molecule has 6 heteroatoms. The van der Waals surface area contributed by atoms with Crippen molar-refractivity contribution in [2.45, 2.75) is 44.0 Å². The molecular formula is C12H19N3O2S. The van der Waals surface area contributed by atoms with Crippen LogP contribution in [0.4, 0.5) is 0 Å². The second kappa shape index (κ2) is 5.12. The van der Waals surface area contributed by atoms with Crippen LogP contribution in [0, 0.1) is 19.3 Å². The largest absolute Gasteiger partial charge is 0.274 e. The number of aromatic nitrogens is 2. The maximum absolute atomic E-state index is 12.3. The first kappa shape index (κ1) is 14.7. The first-order chi connectivity index (χ1) is 8.30. The lowest BCUT2D eigenvalue weighted by atomic mass is 9.96. The average molecular weight is 269 g/mol. The van der Waals surface area contributed by atoms with Crippen molar-refractivity contribution in [3.63, 3.8) is 0 Å². The molecule has 0 radical (unpaired) electrons. The summed E-state index contributed by atoms with van der Waals surface area (Å²) in [6, 6.07) is 0. The van der Waals surface area contributed by atoms with E-state index in [0.717, 1.165) is 0 Å². The van der Waals surface area contributed by atoms with Gasteiger partial charge in [0.15, 0.2) is 0 Å². The van der Waals surface area contributed by atoms with Gasteiger partial charge in [-0.2, -0.15) is 9.82 Å². The Morgan fingerprint density at radius 1 is 1.50 bits per heavy atom. The van der Waals surface area contributed by atoms with Crippen LogP contribution >= 0.6 is 0 Å². The van der Waals surface area contributed by atoms with Crippen LogP contribution in [-0.4, -0.2) is 23.7 Å². The number of terminal acetylenes is 1. The lowest BCUT2D eigenvalue weighted by molar-refractivity contribution is 0.451.